The molecule has 290 valence electrons. The van der Waals surface area contributed by atoms with Gasteiger partial charge in [0.05, 0.1) is 45.0 Å². The molecule has 0 spiro atoms. The number of aromatic nitrogens is 5. The fraction of sp³-hybridized carbons (Fsp3) is 0.359. The third kappa shape index (κ3) is 10.0. The second-order valence-corrected chi connectivity index (χ2v) is 15.4. The van der Waals surface area contributed by atoms with Gasteiger partial charge < -0.3 is 24.4 Å². The van der Waals surface area contributed by atoms with Gasteiger partial charge in [-0.05, 0) is 67.3 Å². The number of nitrogens with zero attached hydrogens (tertiary/aromatic N) is 8. The van der Waals surface area contributed by atoms with Gasteiger partial charge in [-0.2, -0.15) is 14.3 Å². The summed E-state index contributed by atoms with van der Waals surface area (Å²) in [5.41, 5.74) is 3.93. The van der Waals surface area contributed by atoms with E-state index in [9.17, 15) is 12.8 Å². The molecule has 55 heavy (non-hydrogen) atoms. The van der Waals surface area contributed by atoms with Crippen LogP contribution in [-0.4, -0.2) is 102 Å². The average molecular weight is 772 g/mol. The van der Waals surface area contributed by atoms with Gasteiger partial charge in [0, 0.05) is 57.6 Å². The van der Waals surface area contributed by atoms with Gasteiger partial charge >= 0.3 is 0 Å². The molecular weight excluding hydrogens is 726 g/mol. The predicted octanol–water partition coefficient (Wildman–Crippen LogP) is 5.26. The maximum absolute atomic E-state index is 14.7. The van der Waals surface area contributed by atoms with E-state index in [1.54, 1.807) is 20.4 Å². The van der Waals surface area contributed by atoms with Crippen LogP contribution in [-0.2, 0) is 29.5 Å². The molecule has 2 aromatic carbocycles. The van der Waals surface area contributed by atoms with E-state index >= 15 is 0 Å². The third-order valence-corrected chi connectivity index (χ3v) is 10.7. The summed E-state index contributed by atoms with van der Waals surface area (Å²) in [6.45, 7) is 7.03. The van der Waals surface area contributed by atoms with E-state index < -0.39 is 15.8 Å². The van der Waals surface area contributed by atoms with Crippen molar-refractivity contribution in [3.8, 4) is 28.8 Å². The number of pyridine rings is 2. The number of rotatable bonds is 15. The second kappa shape index (κ2) is 17.3. The van der Waals surface area contributed by atoms with Crippen molar-refractivity contribution in [3.05, 3.63) is 101 Å². The molecule has 1 fully saturated rings. The molecule has 0 amide bonds. The zero-order valence-corrected chi connectivity index (χ0v) is 32.7. The minimum Gasteiger partial charge on any atom is -0.497 e. The largest absolute Gasteiger partial charge is 0.497 e. The van der Waals surface area contributed by atoms with Crippen LogP contribution < -0.4 is 24.4 Å². The minimum absolute atomic E-state index is 0.0467. The quantitative estimate of drug-likeness (QED) is 0.148. The standard InChI is InChI=1S/C39H46FN9O5S/c1-26-23-49(55(6,50)51)18-17-47(26)16-15-30-19-34(36(41-21-30)45-31-20-35(40)38(54-5)42-22-31)37-43-27(2)44-39(46-37)48(24-28-7-11-32(52-3)12-8-28)25-29-9-13-33(53-4)14-10-29/h7-14,19-22,26H,15-18,23-25H2,1-6H3,(H,41,45)/t26-/m0/s1. The molecule has 16 heteroatoms. The van der Waals surface area contributed by atoms with Crippen LogP contribution in [0.25, 0.3) is 11.4 Å². The second-order valence-electron chi connectivity index (χ2n) is 13.4. The number of anilines is 3. The molecule has 1 saturated heterocycles. The molecule has 14 nitrogen and oxygen atoms in total. The van der Waals surface area contributed by atoms with Crippen LogP contribution in [0.15, 0.2) is 73.1 Å². The van der Waals surface area contributed by atoms with Crippen molar-refractivity contribution < 1.29 is 27.0 Å². The van der Waals surface area contributed by atoms with Crippen molar-refractivity contribution in [3.63, 3.8) is 0 Å². The summed E-state index contributed by atoms with van der Waals surface area (Å²) in [4.78, 5) is 27.8. The smallest absolute Gasteiger partial charge is 0.250 e. The Morgan fingerprint density at radius 2 is 1.51 bits per heavy atom. The molecule has 0 radical (unpaired) electrons. The van der Waals surface area contributed by atoms with E-state index in [-0.39, 0.29) is 11.9 Å². The van der Waals surface area contributed by atoms with Crippen LogP contribution >= 0.6 is 0 Å². The number of piperazine rings is 1. The topological polar surface area (TPSA) is 148 Å². The van der Waals surface area contributed by atoms with Gasteiger partial charge in [0.25, 0.3) is 0 Å². The first kappa shape index (κ1) is 39.2. The highest BCUT2D eigenvalue weighted by atomic mass is 32.2. The minimum atomic E-state index is -3.26. The first-order chi connectivity index (χ1) is 26.4. The van der Waals surface area contributed by atoms with Crippen LogP contribution in [0.2, 0.25) is 0 Å². The Labute approximate surface area is 321 Å². The molecule has 0 bridgehead atoms. The Hall–Kier alpha value is -5.45. The monoisotopic (exact) mass is 771 g/mol. The van der Waals surface area contributed by atoms with E-state index in [2.05, 4.69) is 20.1 Å². The number of ether oxygens (including phenoxy) is 3. The lowest BCUT2D eigenvalue weighted by atomic mass is 10.1. The van der Waals surface area contributed by atoms with Gasteiger partial charge in [-0.25, -0.2) is 27.8 Å². The van der Waals surface area contributed by atoms with Crippen LogP contribution in [0.4, 0.5) is 21.8 Å². The maximum atomic E-state index is 14.7. The number of benzene rings is 2. The van der Waals surface area contributed by atoms with Gasteiger partial charge in [0.2, 0.25) is 21.9 Å². The molecule has 0 unspecified atom stereocenters. The fourth-order valence-electron chi connectivity index (χ4n) is 6.39. The van der Waals surface area contributed by atoms with E-state index in [0.29, 0.717) is 80.4 Å². The van der Waals surface area contributed by atoms with Crippen LogP contribution in [0.1, 0.15) is 29.4 Å². The number of sulfonamides is 1. The summed E-state index contributed by atoms with van der Waals surface area (Å²) >= 11 is 0. The molecule has 1 atom stereocenters. The molecule has 1 aliphatic heterocycles. The lowest BCUT2D eigenvalue weighted by Gasteiger charge is -2.38. The zero-order valence-electron chi connectivity index (χ0n) is 31.9. The SMILES string of the molecule is COc1ccc(CN(Cc2ccc(OC)cc2)c2nc(C)nc(-c3cc(CCN4CCN(S(C)(=O)=O)C[C@@H]4C)cnc3Nc3cnc(OC)c(F)c3)n2)cc1. The highest BCUT2D eigenvalue weighted by Crippen LogP contribution is 2.31. The molecule has 1 N–H and O–H groups in total. The van der Waals surface area contributed by atoms with Crippen molar-refractivity contribution in [2.24, 2.45) is 0 Å². The molecule has 4 heterocycles. The first-order valence-electron chi connectivity index (χ1n) is 17.8. The lowest BCUT2D eigenvalue weighted by molar-refractivity contribution is 0.131. The summed E-state index contributed by atoms with van der Waals surface area (Å²) in [5, 5.41) is 3.21. The van der Waals surface area contributed by atoms with E-state index in [0.717, 1.165) is 28.2 Å². The van der Waals surface area contributed by atoms with Crippen LogP contribution in [0, 0.1) is 12.7 Å². The van der Waals surface area contributed by atoms with Gasteiger partial charge in [0.15, 0.2) is 11.6 Å². The Morgan fingerprint density at radius 1 is 0.855 bits per heavy atom. The van der Waals surface area contributed by atoms with Crippen molar-refractivity contribution in [2.75, 3.05) is 64.0 Å². The average Bonchev–Trinajstić information content (AvgIpc) is 3.17. The molecule has 5 aromatic rings. The lowest BCUT2D eigenvalue weighted by Crippen LogP contribution is -2.53. The third-order valence-electron chi connectivity index (χ3n) is 9.42. The number of methoxy groups -OCH3 is 3. The summed E-state index contributed by atoms with van der Waals surface area (Å²) in [5.74, 6) is 2.52. The molecule has 0 saturated carbocycles. The number of hydrogen-bond acceptors (Lipinski definition) is 13. The van der Waals surface area contributed by atoms with Gasteiger partial charge in [-0.1, -0.05) is 24.3 Å². The Bertz CT molecular complexity index is 2140. The molecule has 3 aromatic heterocycles. The van der Waals surface area contributed by atoms with E-state index in [1.807, 2.05) is 68.4 Å². The fourth-order valence-corrected chi connectivity index (χ4v) is 7.29. The Kier molecular flexibility index (Phi) is 12.4. The molecule has 6 rings (SSSR count). The normalized spacial score (nSPS) is 15.1. The Balaban J connectivity index is 1.36. The van der Waals surface area contributed by atoms with Crippen molar-refractivity contribution in [1.82, 2.24) is 34.1 Å². The van der Waals surface area contributed by atoms with E-state index in [4.69, 9.17) is 34.1 Å². The molecular formula is C39H46FN9O5S. The van der Waals surface area contributed by atoms with Crippen molar-refractivity contribution in [1.29, 1.82) is 0 Å². The van der Waals surface area contributed by atoms with Gasteiger partial charge in [-0.15, -0.1) is 0 Å². The number of halogens is 1. The first-order valence-corrected chi connectivity index (χ1v) is 19.7. The summed E-state index contributed by atoms with van der Waals surface area (Å²) in [6.07, 6.45) is 5.12. The van der Waals surface area contributed by atoms with Crippen molar-refractivity contribution in [2.45, 2.75) is 39.4 Å². The number of nitrogens with one attached hydrogen (secondary N) is 1. The van der Waals surface area contributed by atoms with Gasteiger partial charge in [0.1, 0.15) is 23.1 Å². The van der Waals surface area contributed by atoms with Crippen molar-refractivity contribution >= 4 is 27.5 Å². The maximum Gasteiger partial charge on any atom is 0.250 e. The highest BCUT2D eigenvalue weighted by molar-refractivity contribution is 7.88. The Morgan fingerprint density at radius 3 is 2.07 bits per heavy atom. The van der Waals surface area contributed by atoms with Crippen LogP contribution in [0.3, 0.4) is 0 Å². The van der Waals surface area contributed by atoms with Gasteiger partial charge in [-0.3, -0.25) is 4.90 Å². The summed E-state index contributed by atoms with van der Waals surface area (Å²) in [7, 11) is 1.37. The zero-order chi connectivity index (χ0) is 39.1. The molecule has 0 aliphatic carbocycles. The predicted molar refractivity (Wildman–Crippen MR) is 209 cm³/mol. The molecule has 1 aliphatic rings. The summed E-state index contributed by atoms with van der Waals surface area (Å²) < 4.78 is 56.4. The number of aryl methyl sites for hydroxylation is 1. The van der Waals surface area contributed by atoms with E-state index in [1.165, 1.54) is 29.9 Å². The summed E-state index contributed by atoms with van der Waals surface area (Å²) in [6, 6.07) is 19.0. The number of hydrogen-bond donors (Lipinski definition) is 1. The van der Waals surface area contributed by atoms with Crippen LogP contribution in [0.5, 0.6) is 17.4 Å². The highest BCUT2D eigenvalue weighted by Gasteiger charge is 2.28.